The molecular weight excluding hydrogens is 126 g/mol. The van der Waals surface area contributed by atoms with Crippen LogP contribution < -0.4 is 0 Å². The third-order valence-corrected chi connectivity index (χ3v) is 2.22. The van der Waals surface area contributed by atoms with E-state index in [-0.39, 0.29) is 5.41 Å². The zero-order chi connectivity index (χ0) is 7.78. The standard InChI is InChI=1S/C8H15NO/c1-7(10)8(4-5-8)6-9(2)3/h4-6H2,1-3H3. The van der Waals surface area contributed by atoms with Gasteiger partial charge in [0.2, 0.25) is 0 Å². The molecule has 1 fully saturated rings. The molecular formula is C8H15NO. The molecule has 0 atom stereocenters. The Bertz CT molecular complexity index is 147. The predicted molar refractivity (Wildman–Crippen MR) is 40.9 cm³/mol. The molecule has 0 saturated heterocycles. The van der Waals surface area contributed by atoms with Crippen LogP contribution in [0.2, 0.25) is 0 Å². The van der Waals surface area contributed by atoms with E-state index >= 15 is 0 Å². The van der Waals surface area contributed by atoms with Gasteiger partial charge >= 0.3 is 0 Å². The van der Waals surface area contributed by atoms with Crippen molar-refractivity contribution in [3.05, 3.63) is 0 Å². The quantitative estimate of drug-likeness (QED) is 0.582. The van der Waals surface area contributed by atoms with Gasteiger partial charge in [-0.2, -0.15) is 0 Å². The number of nitrogens with zero attached hydrogens (tertiary/aromatic N) is 1. The third kappa shape index (κ3) is 1.37. The van der Waals surface area contributed by atoms with Crippen molar-refractivity contribution in [2.45, 2.75) is 19.8 Å². The first-order valence-corrected chi connectivity index (χ1v) is 3.73. The Morgan fingerprint density at radius 3 is 2.10 bits per heavy atom. The van der Waals surface area contributed by atoms with Crippen LogP contribution in [-0.4, -0.2) is 31.3 Å². The Morgan fingerprint density at radius 1 is 1.50 bits per heavy atom. The lowest BCUT2D eigenvalue weighted by molar-refractivity contribution is -0.122. The fraction of sp³-hybridized carbons (Fsp3) is 0.875. The Labute approximate surface area is 62.2 Å². The fourth-order valence-electron chi connectivity index (χ4n) is 1.38. The lowest BCUT2D eigenvalue weighted by Gasteiger charge is -2.16. The number of rotatable bonds is 3. The minimum absolute atomic E-state index is 0.0590. The first-order valence-electron chi connectivity index (χ1n) is 3.73. The van der Waals surface area contributed by atoms with E-state index in [2.05, 4.69) is 4.90 Å². The van der Waals surface area contributed by atoms with Gasteiger partial charge in [0, 0.05) is 12.0 Å². The largest absolute Gasteiger partial charge is 0.308 e. The van der Waals surface area contributed by atoms with Crippen LogP contribution in [0.25, 0.3) is 0 Å². The highest BCUT2D eigenvalue weighted by molar-refractivity contribution is 5.85. The number of carbonyl (C=O) groups excluding carboxylic acids is 1. The molecule has 1 aliphatic rings. The summed E-state index contributed by atoms with van der Waals surface area (Å²) in [7, 11) is 4.03. The topological polar surface area (TPSA) is 20.3 Å². The van der Waals surface area contributed by atoms with Gasteiger partial charge in [0.15, 0.2) is 0 Å². The molecule has 0 radical (unpaired) electrons. The Balaban J connectivity index is 2.45. The summed E-state index contributed by atoms with van der Waals surface area (Å²) in [6.07, 6.45) is 2.20. The average Bonchev–Trinajstić information content (AvgIpc) is 2.46. The first-order chi connectivity index (χ1) is 4.57. The molecule has 58 valence electrons. The van der Waals surface area contributed by atoms with Gasteiger partial charge in [0.25, 0.3) is 0 Å². The average molecular weight is 141 g/mol. The fourth-order valence-corrected chi connectivity index (χ4v) is 1.38. The van der Waals surface area contributed by atoms with Crippen molar-refractivity contribution in [1.29, 1.82) is 0 Å². The molecule has 0 heterocycles. The van der Waals surface area contributed by atoms with E-state index in [1.165, 1.54) is 0 Å². The minimum atomic E-state index is 0.0590. The van der Waals surface area contributed by atoms with Crippen molar-refractivity contribution < 1.29 is 4.79 Å². The van der Waals surface area contributed by atoms with E-state index in [0.717, 1.165) is 19.4 Å². The van der Waals surface area contributed by atoms with Crippen molar-refractivity contribution in [3.8, 4) is 0 Å². The molecule has 0 unspecified atom stereocenters. The summed E-state index contributed by atoms with van der Waals surface area (Å²) >= 11 is 0. The molecule has 0 N–H and O–H groups in total. The summed E-state index contributed by atoms with van der Waals surface area (Å²) in [6, 6.07) is 0. The summed E-state index contributed by atoms with van der Waals surface area (Å²) in [6.45, 7) is 2.64. The maximum Gasteiger partial charge on any atom is 0.137 e. The normalized spacial score (nSPS) is 21.2. The van der Waals surface area contributed by atoms with Crippen LogP contribution >= 0.6 is 0 Å². The molecule has 0 aromatic rings. The van der Waals surface area contributed by atoms with Crippen LogP contribution in [-0.2, 0) is 4.79 Å². The molecule has 0 spiro atoms. The Morgan fingerprint density at radius 2 is 2.00 bits per heavy atom. The Kier molecular flexibility index (Phi) is 1.82. The van der Waals surface area contributed by atoms with Gasteiger partial charge in [0.05, 0.1) is 0 Å². The van der Waals surface area contributed by atoms with Gasteiger partial charge < -0.3 is 4.90 Å². The highest BCUT2D eigenvalue weighted by atomic mass is 16.1. The molecule has 1 saturated carbocycles. The van der Waals surface area contributed by atoms with Crippen LogP contribution in [0.3, 0.4) is 0 Å². The van der Waals surface area contributed by atoms with E-state index in [1.807, 2.05) is 14.1 Å². The molecule has 0 aliphatic heterocycles. The van der Waals surface area contributed by atoms with Gasteiger partial charge in [-0.1, -0.05) is 0 Å². The minimum Gasteiger partial charge on any atom is -0.308 e. The van der Waals surface area contributed by atoms with Crippen molar-refractivity contribution in [1.82, 2.24) is 4.90 Å². The van der Waals surface area contributed by atoms with Gasteiger partial charge in [-0.15, -0.1) is 0 Å². The first kappa shape index (κ1) is 7.73. The van der Waals surface area contributed by atoms with Gasteiger partial charge in [-0.25, -0.2) is 0 Å². The van der Waals surface area contributed by atoms with Crippen molar-refractivity contribution >= 4 is 5.78 Å². The Hall–Kier alpha value is -0.370. The molecule has 0 bridgehead atoms. The third-order valence-electron chi connectivity index (χ3n) is 2.22. The number of Topliss-reactive ketones (excluding diaryl/α,β-unsaturated/α-hetero) is 1. The molecule has 1 aliphatic carbocycles. The lowest BCUT2D eigenvalue weighted by atomic mass is 10.0. The highest BCUT2D eigenvalue weighted by Gasteiger charge is 2.47. The SMILES string of the molecule is CC(=O)C1(CN(C)C)CC1. The number of ketones is 1. The summed E-state index contributed by atoms with van der Waals surface area (Å²) in [4.78, 5) is 13.1. The van der Waals surface area contributed by atoms with Gasteiger partial charge in [0.1, 0.15) is 5.78 Å². The molecule has 10 heavy (non-hydrogen) atoms. The van der Waals surface area contributed by atoms with E-state index < -0.39 is 0 Å². The number of carbonyl (C=O) groups is 1. The van der Waals surface area contributed by atoms with Crippen LogP contribution in [0.4, 0.5) is 0 Å². The van der Waals surface area contributed by atoms with Gasteiger partial charge in [-0.3, -0.25) is 4.79 Å². The number of hydrogen-bond donors (Lipinski definition) is 0. The van der Waals surface area contributed by atoms with Crippen LogP contribution in [0.15, 0.2) is 0 Å². The lowest BCUT2D eigenvalue weighted by Crippen LogP contribution is -2.27. The van der Waals surface area contributed by atoms with Crippen molar-refractivity contribution in [2.24, 2.45) is 5.41 Å². The second-order valence-electron chi connectivity index (χ2n) is 3.57. The summed E-state index contributed by atoms with van der Waals surface area (Å²) in [5, 5.41) is 0. The molecule has 0 aromatic heterocycles. The number of hydrogen-bond acceptors (Lipinski definition) is 2. The molecule has 0 aromatic carbocycles. The maximum absolute atomic E-state index is 11.0. The molecule has 2 heteroatoms. The molecule has 0 amide bonds. The second-order valence-corrected chi connectivity index (χ2v) is 3.57. The second kappa shape index (κ2) is 2.35. The highest BCUT2D eigenvalue weighted by Crippen LogP contribution is 2.46. The molecule has 2 nitrogen and oxygen atoms in total. The molecule has 1 rings (SSSR count). The zero-order valence-electron chi connectivity index (χ0n) is 6.98. The zero-order valence-corrected chi connectivity index (χ0v) is 6.98. The predicted octanol–water partition coefficient (Wildman–Crippen LogP) is 0.917. The van der Waals surface area contributed by atoms with E-state index in [9.17, 15) is 4.79 Å². The maximum atomic E-state index is 11.0. The summed E-state index contributed by atoms with van der Waals surface area (Å²) in [5.74, 6) is 0.362. The van der Waals surface area contributed by atoms with Crippen LogP contribution in [0.1, 0.15) is 19.8 Å². The van der Waals surface area contributed by atoms with Crippen molar-refractivity contribution in [2.75, 3.05) is 20.6 Å². The van der Waals surface area contributed by atoms with E-state index in [0.29, 0.717) is 5.78 Å². The van der Waals surface area contributed by atoms with Crippen LogP contribution in [0.5, 0.6) is 0 Å². The summed E-state index contributed by atoms with van der Waals surface area (Å²) in [5.41, 5.74) is 0.0590. The van der Waals surface area contributed by atoms with E-state index in [1.54, 1.807) is 6.92 Å². The van der Waals surface area contributed by atoms with Gasteiger partial charge in [-0.05, 0) is 33.9 Å². The van der Waals surface area contributed by atoms with E-state index in [4.69, 9.17) is 0 Å². The smallest absolute Gasteiger partial charge is 0.137 e. The monoisotopic (exact) mass is 141 g/mol. The summed E-state index contributed by atoms with van der Waals surface area (Å²) < 4.78 is 0. The van der Waals surface area contributed by atoms with Crippen molar-refractivity contribution in [3.63, 3.8) is 0 Å². The van der Waals surface area contributed by atoms with Crippen LogP contribution in [0, 0.1) is 5.41 Å².